The van der Waals surface area contributed by atoms with Crippen molar-refractivity contribution in [3.8, 4) is 5.75 Å². The summed E-state index contributed by atoms with van der Waals surface area (Å²) in [6.07, 6.45) is 2.23. The van der Waals surface area contributed by atoms with Gasteiger partial charge in [-0.25, -0.2) is 0 Å². The van der Waals surface area contributed by atoms with Gasteiger partial charge in [0, 0.05) is 12.4 Å². The van der Waals surface area contributed by atoms with Crippen molar-refractivity contribution in [3.63, 3.8) is 0 Å². The van der Waals surface area contributed by atoms with Gasteiger partial charge in [0.2, 0.25) is 0 Å². The molecule has 1 heterocycles. The number of aryl methyl sites for hydroxylation is 1. The van der Waals surface area contributed by atoms with Crippen molar-refractivity contribution >= 4 is 11.8 Å². The molecule has 120 valence electrons. The molecule has 6 nitrogen and oxygen atoms in total. The summed E-state index contributed by atoms with van der Waals surface area (Å²) in [5, 5.41) is 0. The number of nitrogens with zero attached hydrogens (tertiary/aromatic N) is 1. The predicted octanol–water partition coefficient (Wildman–Crippen LogP) is 1.93. The molecule has 2 rings (SSSR count). The third-order valence-corrected chi connectivity index (χ3v) is 3.45. The first-order chi connectivity index (χ1) is 11.0. The molecule has 0 fully saturated rings. The van der Waals surface area contributed by atoms with Crippen LogP contribution in [-0.4, -0.2) is 22.9 Å². The molecule has 0 spiro atoms. The fraction of sp³-hybridized carbons (Fsp3) is 0.235. The van der Waals surface area contributed by atoms with E-state index in [1.807, 2.05) is 26.0 Å². The lowest BCUT2D eigenvalue weighted by Crippen LogP contribution is -2.47. The number of pyridine rings is 1. The smallest absolute Gasteiger partial charge is 0.279 e. The van der Waals surface area contributed by atoms with Crippen LogP contribution in [0.25, 0.3) is 0 Å². The number of hydrogen-bond acceptors (Lipinski definition) is 4. The van der Waals surface area contributed by atoms with Crippen LogP contribution < -0.4 is 15.6 Å². The second-order valence-corrected chi connectivity index (χ2v) is 5.14. The largest absolute Gasteiger partial charge is 0.481 e. The maximum atomic E-state index is 12.0. The van der Waals surface area contributed by atoms with Crippen LogP contribution in [0.3, 0.4) is 0 Å². The SMILES string of the molecule is Cc1cccc(OC(C)C(=O)NNC(=O)c2cccnc2)c1C. The summed E-state index contributed by atoms with van der Waals surface area (Å²) >= 11 is 0. The zero-order valence-corrected chi connectivity index (χ0v) is 13.3. The first kappa shape index (κ1) is 16.5. The van der Waals surface area contributed by atoms with Crippen LogP contribution in [0.5, 0.6) is 5.75 Å². The van der Waals surface area contributed by atoms with Crippen LogP contribution in [0.2, 0.25) is 0 Å². The number of ether oxygens (including phenoxy) is 1. The molecule has 1 atom stereocenters. The number of carbonyl (C=O) groups excluding carboxylic acids is 2. The highest BCUT2D eigenvalue weighted by molar-refractivity contribution is 5.95. The molecule has 0 aliphatic rings. The summed E-state index contributed by atoms with van der Waals surface area (Å²) in [5.41, 5.74) is 7.10. The van der Waals surface area contributed by atoms with E-state index in [1.165, 1.54) is 6.20 Å². The highest BCUT2D eigenvalue weighted by Crippen LogP contribution is 2.21. The molecule has 1 unspecified atom stereocenters. The molecule has 1 aromatic heterocycles. The molecule has 0 aliphatic heterocycles. The van der Waals surface area contributed by atoms with Crippen LogP contribution >= 0.6 is 0 Å². The lowest BCUT2D eigenvalue weighted by atomic mass is 10.1. The number of rotatable bonds is 4. The molecular weight excluding hydrogens is 294 g/mol. The number of hydrazine groups is 1. The highest BCUT2D eigenvalue weighted by atomic mass is 16.5. The van der Waals surface area contributed by atoms with Crippen LogP contribution in [-0.2, 0) is 4.79 Å². The predicted molar refractivity (Wildman–Crippen MR) is 85.9 cm³/mol. The monoisotopic (exact) mass is 313 g/mol. The van der Waals surface area contributed by atoms with E-state index >= 15 is 0 Å². The van der Waals surface area contributed by atoms with Crippen LogP contribution in [0.4, 0.5) is 0 Å². The van der Waals surface area contributed by atoms with Gasteiger partial charge in [-0.3, -0.25) is 25.4 Å². The van der Waals surface area contributed by atoms with Gasteiger partial charge in [-0.05, 0) is 50.1 Å². The molecule has 0 saturated carbocycles. The standard InChI is InChI=1S/C17H19N3O3/c1-11-6-4-8-15(12(11)2)23-13(3)16(21)19-20-17(22)14-7-5-9-18-10-14/h4-10,13H,1-3H3,(H,19,21)(H,20,22). The Bertz CT molecular complexity index is 701. The van der Waals surface area contributed by atoms with Crippen LogP contribution in [0.1, 0.15) is 28.4 Å². The molecule has 1 aromatic carbocycles. The van der Waals surface area contributed by atoms with Gasteiger partial charge < -0.3 is 4.74 Å². The van der Waals surface area contributed by atoms with Crippen molar-refractivity contribution in [2.75, 3.05) is 0 Å². The molecule has 0 saturated heterocycles. The molecule has 2 aromatic rings. The fourth-order valence-corrected chi connectivity index (χ4v) is 1.89. The molecule has 2 amide bonds. The summed E-state index contributed by atoms with van der Waals surface area (Å²) in [4.78, 5) is 27.7. The zero-order chi connectivity index (χ0) is 16.8. The fourth-order valence-electron chi connectivity index (χ4n) is 1.89. The second-order valence-electron chi connectivity index (χ2n) is 5.14. The van der Waals surface area contributed by atoms with Gasteiger partial charge in [0.1, 0.15) is 5.75 Å². The van der Waals surface area contributed by atoms with Crippen molar-refractivity contribution in [3.05, 3.63) is 59.4 Å². The quantitative estimate of drug-likeness (QED) is 0.845. The third-order valence-electron chi connectivity index (χ3n) is 3.45. The van der Waals surface area contributed by atoms with Gasteiger partial charge in [0.25, 0.3) is 11.8 Å². The lowest BCUT2D eigenvalue weighted by Gasteiger charge is -2.17. The minimum absolute atomic E-state index is 0.357. The average molecular weight is 313 g/mol. The van der Waals surface area contributed by atoms with Gasteiger partial charge in [0.15, 0.2) is 6.10 Å². The first-order valence-electron chi connectivity index (χ1n) is 7.22. The Balaban J connectivity index is 1.90. The van der Waals surface area contributed by atoms with Gasteiger partial charge >= 0.3 is 0 Å². The van der Waals surface area contributed by atoms with Crippen molar-refractivity contribution in [1.82, 2.24) is 15.8 Å². The minimum atomic E-state index is -0.746. The summed E-state index contributed by atoms with van der Waals surface area (Å²) in [5.74, 6) is -0.236. The lowest BCUT2D eigenvalue weighted by molar-refractivity contribution is -0.128. The average Bonchev–Trinajstić information content (AvgIpc) is 2.57. The molecule has 6 heteroatoms. The van der Waals surface area contributed by atoms with Crippen LogP contribution in [0, 0.1) is 13.8 Å². The maximum absolute atomic E-state index is 12.0. The molecule has 23 heavy (non-hydrogen) atoms. The van der Waals surface area contributed by atoms with E-state index in [2.05, 4.69) is 15.8 Å². The maximum Gasteiger partial charge on any atom is 0.279 e. The third kappa shape index (κ3) is 4.29. The molecule has 0 bridgehead atoms. The summed E-state index contributed by atoms with van der Waals surface area (Å²) < 4.78 is 5.65. The number of benzene rings is 1. The summed E-state index contributed by atoms with van der Waals surface area (Å²) in [6, 6.07) is 8.89. The Morgan fingerprint density at radius 3 is 2.61 bits per heavy atom. The number of hydrogen-bond donors (Lipinski definition) is 2. The Morgan fingerprint density at radius 2 is 1.91 bits per heavy atom. The normalized spacial score (nSPS) is 11.4. The van der Waals surface area contributed by atoms with Crippen molar-refractivity contribution < 1.29 is 14.3 Å². The van der Waals surface area contributed by atoms with Crippen LogP contribution in [0.15, 0.2) is 42.7 Å². The Labute approximate surface area is 134 Å². The highest BCUT2D eigenvalue weighted by Gasteiger charge is 2.17. The topological polar surface area (TPSA) is 80.3 Å². The van der Waals surface area contributed by atoms with Gasteiger partial charge in [0.05, 0.1) is 5.56 Å². The first-order valence-corrected chi connectivity index (χ1v) is 7.22. The second kappa shape index (κ2) is 7.40. The molecule has 0 radical (unpaired) electrons. The number of aromatic nitrogens is 1. The van der Waals surface area contributed by atoms with Gasteiger partial charge in [-0.2, -0.15) is 0 Å². The molecular formula is C17H19N3O3. The molecule has 2 N–H and O–H groups in total. The van der Waals surface area contributed by atoms with E-state index in [1.54, 1.807) is 31.3 Å². The minimum Gasteiger partial charge on any atom is -0.481 e. The number of nitrogens with one attached hydrogen (secondary N) is 2. The van der Waals surface area contributed by atoms with E-state index in [0.717, 1.165) is 11.1 Å². The number of carbonyl (C=O) groups is 2. The van der Waals surface area contributed by atoms with E-state index in [0.29, 0.717) is 11.3 Å². The van der Waals surface area contributed by atoms with E-state index in [-0.39, 0.29) is 0 Å². The summed E-state index contributed by atoms with van der Waals surface area (Å²) in [6.45, 7) is 5.52. The van der Waals surface area contributed by atoms with Crippen molar-refractivity contribution in [2.45, 2.75) is 26.9 Å². The van der Waals surface area contributed by atoms with Crippen molar-refractivity contribution in [2.24, 2.45) is 0 Å². The number of amides is 2. The zero-order valence-electron chi connectivity index (χ0n) is 13.3. The van der Waals surface area contributed by atoms with Crippen molar-refractivity contribution in [1.29, 1.82) is 0 Å². The Kier molecular flexibility index (Phi) is 5.30. The summed E-state index contributed by atoms with van der Waals surface area (Å²) in [7, 11) is 0. The Morgan fingerprint density at radius 1 is 1.13 bits per heavy atom. The Hall–Kier alpha value is -2.89. The van der Waals surface area contributed by atoms with E-state index in [4.69, 9.17) is 4.74 Å². The molecule has 0 aliphatic carbocycles. The van der Waals surface area contributed by atoms with Gasteiger partial charge in [-0.15, -0.1) is 0 Å². The van der Waals surface area contributed by atoms with E-state index < -0.39 is 17.9 Å². The van der Waals surface area contributed by atoms with E-state index in [9.17, 15) is 9.59 Å². The van der Waals surface area contributed by atoms with Gasteiger partial charge in [-0.1, -0.05) is 12.1 Å².